The first-order valence-corrected chi connectivity index (χ1v) is 7.80. The largest absolute Gasteiger partial charge is 0.338 e. The number of amides is 1. The van der Waals surface area contributed by atoms with Crippen molar-refractivity contribution >= 4 is 17.2 Å². The number of carbonyl (C=O) groups excluding carboxylic acids is 1. The van der Waals surface area contributed by atoms with Crippen molar-refractivity contribution in [2.75, 3.05) is 20.1 Å². The highest BCUT2D eigenvalue weighted by atomic mass is 32.1. The average molecular weight is 280 g/mol. The fraction of sp³-hybridized carbons (Fsp3) is 0.667. The third-order valence-corrected chi connectivity index (χ3v) is 5.47. The molecule has 1 atom stereocenters. The Morgan fingerprint density at radius 3 is 2.58 bits per heavy atom. The molecule has 1 aromatic rings. The predicted octanol–water partition coefficient (Wildman–Crippen LogP) is 2.97. The summed E-state index contributed by atoms with van der Waals surface area (Å²) in [5.41, 5.74) is -0.194. The lowest BCUT2D eigenvalue weighted by molar-refractivity contribution is -0.143. The van der Waals surface area contributed by atoms with Crippen molar-refractivity contribution in [3.05, 3.63) is 21.9 Å². The van der Waals surface area contributed by atoms with E-state index >= 15 is 0 Å². The minimum absolute atomic E-state index is 0.165. The zero-order chi connectivity index (χ0) is 14.0. The number of carbonyl (C=O) groups is 1. The number of aryl methyl sites for hydroxylation is 1. The second-order valence-electron chi connectivity index (χ2n) is 5.85. The summed E-state index contributed by atoms with van der Waals surface area (Å²) in [6, 6.07) is 4.43. The van der Waals surface area contributed by atoms with Crippen molar-refractivity contribution in [1.29, 1.82) is 0 Å². The minimum atomic E-state index is -0.194. The first-order valence-electron chi connectivity index (χ1n) is 6.98. The molecule has 1 N–H and O–H groups in total. The van der Waals surface area contributed by atoms with Crippen LogP contribution < -0.4 is 5.32 Å². The molecule has 19 heavy (non-hydrogen) atoms. The summed E-state index contributed by atoms with van der Waals surface area (Å²) in [6.07, 6.45) is 1.87. The van der Waals surface area contributed by atoms with Crippen LogP contribution >= 0.6 is 11.3 Å². The summed E-state index contributed by atoms with van der Waals surface area (Å²) in [5.74, 6) is 0.285. The van der Waals surface area contributed by atoms with E-state index in [1.165, 1.54) is 9.75 Å². The maximum absolute atomic E-state index is 12.7. The van der Waals surface area contributed by atoms with E-state index in [1.807, 2.05) is 11.9 Å². The molecule has 1 unspecified atom stereocenters. The van der Waals surface area contributed by atoms with Gasteiger partial charge in [0.05, 0.1) is 6.04 Å². The molecule has 0 saturated carbocycles. The second-order valence-corrected chi connectivity index (χ2v) is 7.17. The summed E-state index contributed by atoms with van der Waals surface area (Å²) in [5, 5.41) is 3.33. The monoisotopic (exact) mass is 280 g/mol. The molecule has 106 valence electrons. The van der Waals surface area contributed by atoms with Crippen LogP contribution in [-0.4, -0.2) is 30.9 Å². The third-order valence-electron chi connectivity index (χ3n) is 4.30. The molecule has 1 aliphatic heterocycles. The number of thiophene rings is 1. The van der Waals surface area contributed by atoms with E-state index in [-0.39, 0.29) is 17.4 Å². The number of hydrogen-bond donors (Lipinski definition) is 1. The Labute approximate surface area is 120 Å². The Bertz CT molecular complexity index is 449. The molecule has 2 heterocycles. The molecule has 1 amide bonds. The lowest BCUT2D eigenvalue weighted by Crippen LogP contribution is -2.47. The van der Waals surface area contributed by atoms with Gasteiger partial charge < -0.3 is 10.2 Å². The third kappa shape index (κ3) is 3.00. The van der Waals surface area contributed by atoms with Crippen molar-refractivity contribution < 1.29 is 4.79 Å². The molecule has 4 heteroatoms. The number of piperidine rings is 1. The highest BCUT2D eigenvalue weighted by Crippen LogP contribution is 2.34. The first kappa shape index (κ1) is 14.5. The lowest BCUT2D eigenvalue weighted by atomic mass is 9.79. The maximum atomic E-state index is 12.7. The van der Waals surface area contributed by atoms with Gasteiger partial charge in [-0.1, -0.05) is 6.92 Å². The number of nitrogens with one attached hydrogen (secondary N) is 1. The van der Waals surface area contributed by atoms with Gasteiger partial charge in [0.2, 0.25) is 5.91 Å². The molecule has 0 aromatic carbocycles. The normalized spacial score (nSPS) is 20.0. The fourth-order valence-electron chi connectivity index (χ4n) is 2.66. The van der Waals surface area contributed by atoms with Crippen LogP contribution in [0.2, 0.25) is 0 Å². The summed E-state index contributed by atoms with van der Waals surface area (Å²) in [6.45, 7) is 8.23. The molecule has 1 saturated heterocycles. The molecule has 1 aromatic heterocycles. The van der Waals surface area contributed by atoms with E-state index in [0.717, 1.165) is 25.9 Å². The molecule has 0 aliphatic carbocycles. The van der Waals surface area contributed by atoms with Gasteiger partial charge >= 0.3 is 0 Å². The van der Waals surface area contributed by atoms with Gasteiger partial charge in [0.15, 0.2) is 0 Å². The van der Waals surface area contributed by atoms with Gasteiger partial charge in [0, 0.05) is 22.2 Å². The summed E-state index contributed by atoms with van der Waals surface area (Å²) in [4.78, 5) is 17.2. The quantitative estimate of drug-likeness (QED) is 0.923. The van der Waals surface area contributed by atoms with E-state index in [4.69, 9.17) is 0 Å². The molecular weight excluding hydrogens is 256 g/mol. The molecular formula is C15H24N2OS. The standard InChI is InChI=1S/C15H24N2OS/c1-11-5-6-13(19-11)12(2)17(4)14(18)15(3)7-9-16-10-8-15/h5-6,12,16H,7-10H2,1-4H3. The van der Waals surface area contributed by atoms with Crippen molar-refractivity contribution in [2.24, 2.45) is 5.41 Å². The van der Waals surface area contributed by atoms with Crippen LogP contribution in [-0.2, 0) is 4.79 Å². The number of rotatable bonds is 3. The molecule has 0 radical (unpaired) electrons. The van der Waals surface area contributed by atoms with E-state index in [1.54, 1.807) is 11.3 Å². The Balaban J connectivity index is 2.10. The van der Waals surface area contributed by atoms with Crippen LogP contribution in [0.1, 0.15) is 42.5 Å². The van der Waals surface area contributed by atoms with Gasteiger partial charge in [-0.25, -0.2) is 0 Å². The topological polar surface area (TPSA) is 32.3 Å². The van der Waals surface area contributed by atoms with Gasteiger partial charge in [-0.15, -0.1) is 11.3 Å². The maximum Gasteiger partial charge on any atom is 0.228 e. The number of nitrogens with zero attached hydrogens (tertiary/aromatic N) is 1. The van der Waals surface area contributed by atoms with Crippen LogP contribution in [0.3, 0.4) is 0 Å². The van der Waals surface area contributed by atoms with E-state index < -0.39 is 0 Å². The summed E-state index contributed by atoms with van der Waals surface area (Å²) in [7, 11) is 1.94. The summed E-state index contributed by atoms with van der Waals surface area (Å²) >= 11 is 1.78. The lowest BCUT2D eigenvalue weighted by Gasteiger charge is -2.38. The van der Waals surface area contributed by atoms with Crippen molar-refractivity contribution in [1.82, 2.24) is 10.2 Å². The highest BCUT2D eigenvalue weighted by molar-refractivity contribution is 7.12. The Hall–Kier alpha value is -0.870. The fourth-order valence-corrected chi connectivity index (χ4v) is 3.64. The first-order chi connectivity index (χ1) is 8.94. The van der Waals surface area contributed by atoms with E-state index in [0.29, 0.717) is 0 Å². The molecule has 1 aliphatic rings. The Kier molecular flexibility index (Phi) is 4.31. The van der Waals surface area contributed by atoms with Crippen molar-refractivity contribution in [2.45, 2.75) is 39.7 Å². The van der Waals surface area contributed by atoms with E-state index in [9.17, 15) is 4.79 Å². The van der Waals surface area contributed by atoms with Gasteiger partial charge in [-0.05, 0) is 51.9 Å². The minimum Gasteiger partial charge on any atom is -0.338 e. The Morgan fingerprint density at radius 2 is 2.05 bits per heavy atom. The highest BCUT2D eigenvalue weighted by Gasteiger charge is 2.38. The average Bonchev–Trinajstić information content (AvgIpc) is 2.83. The van der Waals surface area contributed by atoms with Gasteiger partial charge in [-0.2, -0.15) is 0 Å². The van der Waals surface area contributed by atoms with Gasteiger partial charge in [0.25, 0.3) is 0 Å². The molecule has 1 fully saturated rings. The van der Waals surface area contributed by atoms with Crippen LogP contribution in [0, 0.1) is 12.3 Å². The van der Waals surface area contributed by atoms with Gasteiger partial charge in [-0.3, -0.25) is 4.79 Å². The molecule has 0 spiro atoms. The van der Waals surface area contributed by atoms with Crippen LogP contribution in [0.15, 0.2) is 12.1 Å². The zero-order valence-corrected chi connectivity index (χ0v) is 13.1. The van der Waals surface area contributed by atoms with Crippen molar-refractivity contribution in [3.8, 4) is 0 Å². The molecule has 2 rings (SSSR count). The zero-order valence-electron chi connectivity index (χ0n) is 12.3. The smallest absolute Gasteiger partial charge is 0.228 e. The van der Waals surface area contributed by atoms with E-state index in [2.05, 4.69) is 38.2 Å². The SMILES string of the molecule is Cc1ccc(C(C)N(C)C(=O)C2(C)CCNCC2)s1. The van der Waals surface area contributed by atoms with Crippen LogP contribution in [0.25, 0.3) is 0 Å². The second kappa shape index (κ2) is 5.63. The van der Waals surface area contributed by atoms with Gasteiger partial charge in [0.1, 0.15) is 0 Å². The van der Waals surface area contributed by atoms with Crippen LogP contribution in [0.4, 0.5) is 0 Å². The molecule has 0 bridgehead atoms. The van der Waals surface area contributed by atoms with Crippen LogP contribution in [0.5, 0.6) is 0 Å². The number of hydrogen-bond acceptors (Lipinski definition) is 3. The predicted molar refractivity (Wildman–Crippen MR) is 80.5 cm³/mol. The van der Waals surface area contributed by atoms with Crippen molar-refractivity contribution in [3.63, 3.8) is 0 Å². The Morgan fingerprint density at radius 1 is 1.42 bits per heavy atom. The molecule has 3 nitrogen and oxygen atoms in total. The summed E-state index contributed by atoms with van der Waals surface area (Å²) < 4.78 is 0.